The van der Waals surface area contributed by atoms with Gasteiger partial charge in [0.25, 0.3) is 5.91 Å². The number of carbonyl (C=O) groups excluding carboxylic acids is 2. The summed E-state index contributed by atoms with van der Waals surface area (Å²) in [6, 6.07) is 14.3. The predicted octanol–water partition coefficient (Wildman–Crippen LogP) is 3.62. The molecule has 3 rings (SSSR count). The van der Waals surface area contributed by atoms with Gasteiger partial charge in [0.05, 0.1) is 0 Å². The minimum Gasteiger partial charge on any atom is -0.361 e. The Morgan fingerprint density at radius 3 is 2.67 bits per heavy atom. The number of hydrogen-bond donors (Lipinski definition) is 2. The summed E-state index contributed by atoms with van der Waals surface area (Å²) in [4.78, 5) is 26.7. The van der Waals surface area contributed by atoms with E-state index in [1.54, 1.807) is 30.3 Å². The molecule has 0 saturated carbocycles. The Hall–Kier alpha value is -2.88. The molecule has 0 fully saturated rings. The van der Waals surface area contributed by atoms with E-state index in [2.05, 4.69) is 10.3 Å². The van der Waals surface area contributed by atoms with Gasteiger partial charge in [0, 0.05) is 33.9 Å². The van der Waals surface area contributed by atoms with Crippen LogP contribution in [0.15, 0.2) is 54.7 Å². The molecular formula is C17H14N2O2. The van der Waals surface area contributed by atoms with Crippen LogP contribution in [0, 0.1) is 0 Å². The summed E-state index contributed by atoms with van der Waals surface area (Å²) < 4.78 is 0. The zero-order valence-electron chi connectivity index (χ0n) is 11.5. The molecule has 0 aliphatic rings. The van der Waals surface area contributed by atoms with Crippen LogP contribution in [0.3, 0.4) is 0 Å². The third-order valence-corrected chi connectivity index (χ3v) is 3.34. The summed E-state index contributed by atoms with van der Waals surface area (Å²) in [5.41, 5.74) is 2.76. The SMILES string of the molecule is CC(=O)c1cccc(NC(=O)c2ccc3[nH]ccc3c2)c1. The third kappa shape index (κ3) is 2.69. The van der Waals surface area contributed by atoms with Gasteiger partial charge in [0.2, 0.25) is 0 Å². The Kier molecular flexibility index (Phi) is 3.28. The second kappa shape index (κ2) is 5.25. The predicted molar refractivity (Wildman–Crippen MR) is 82.7 cm³/mol. The number of aromatic nitrogens is 1. The molecule has 1 amide bonds. The number of H-pyrrole nitrogens is 1. The molecule has 0 radical (unpaired) electrons. The van der Waals surface area contributed by atoms with Gasteiger partial charge in [-0.25, -0.2) is 0 Å². The molecule has 2 aromatic carbocycles. The highest BCUT2D eigenvalue weighted by atomic mass is 16.1. The quantitative estimate of drug-likeness (QED) is 0.719. The summed E-state index contributed by atoms with van der Waals surface area (Å²) in [5.74, 6) is -0.223. The van der Waals surface area contributed by atoms with Gasteiger partial charge in [-0.1, -0.05) is 12.1 Å². The summed E-state index contributed by atoms with van der Waals surface area (Å²) in [6.45, 7) is 1.50. The minimum atomic E-state index is -0.196. The summed E-state index contributed by atoms with van der Waals surface area (Å²) in [7, 11) is 0. The number of carbonyl (C=O) groups is 2. The zero-order valence-corrected chi connectivity index (χ0v) is 11.5. The summed E-state index contributed by atoms with van der Waals surface area (Å²) in [6.07, 6.45) is 1.84. The highest BCUT2D eigenvalue weighted by Gasteiger charge is 2.08. The number of amides is 1. The molecule has 4 nitrogen and oxygen atoms in total. The molecule has 0 aliphatic heterocycles. The molecule has 0 atom stereocenters. The highest BCUT2D eigenvalue weighted by Crippen LogP contribution is 2.17. The van der Waals surface area contributed by atoms with E-state index in [1.165, 1.54) is 6.92 Å². The van der Waals surface area contributed by atoms with E-state index >= 15 is 0 Å². The molecule has 0 spiro atoms. The van der Waals surface area contributed by atoms with E-state index in [0.29, 0.717) is 16.8 Å². The second-order valence-electron chi connectivity index (χ2n) is 4.87. The molecule has 1 heterocycles. The van der Waals surface area contributed by atoms with Crippen molar-refractivity contribution in [2.75, 3.05) is 5.32 Å². The monoisotopic (exact) mass is 278 g/mol. The molecule has 0 bridgehead atoms. The average Bonchev–Trinajstić information content (AvgIpc) is 2.94. The first-order chi connectivity index (χ1) is 10.1. The first kappa shape index (κ1) is 13.1. The first-order valence-corrected chi connectivity index (χ1v) is 6.63. The van der Waals surface area contributed by atoms with Crippen molar-refractivity contribution in [1.82, 2.24) is 4.98 Å². The van der Waals surface area contributed by atoms with E-state index in [-0.39, 0.29) is 11.7 Å². The number of hydrogen-bond acceptors (Lipinski definition) is 2. The van der Waals surface area contributed by atoms with Crippen molar-refractivity contribution in [1.29, 1.82) is 0 Å². The fourth-order valence-electron chi connectivity index (χ4n) is 2.21. The minimum absolute atomic E-state index is 0.0279. The molecule has 3 aromatic rings. The first-order valence-electron chi connectivity index (χ1n) is 6.63. The normalized spacial score (nSPS) is 10.5. The van der Waals surface area contributed by atoms with Gasteiger partial charge in [-0.05, 0) is 43.3 Å². The van der Waals surface area contributed by atoms with Crippen molar-refractivity contribution in [3.05, 3.63) is 65.9 Å². The number of aromatic amines is 1. The van der Waals surface area contributed by atoms with Crippen molar-refractivity contribution >= 4 is 28.3 Å². The van der Waals surface area contributed by atoms with Crippen LogP contribution < -0.4 is 5.32 Å². The van der Waals surface area contributed by atoms with Gasteiger partial charge in [0.1, 0.15) is 0 Å². The maximum atomic E-state index is 12.3. The smallest absolute Gasteiger partial charge is 0.255 e. The van der Waals surface area contributed by atoms with Crippen molar-refractivity contribution in [2.45, 2.75) is 6.92 Å². The van der Waals surface area contributed by atoms with Crippen molar-refractivity contribution in [3.8, 4) is 0 Å². The third-order valence-electron chi connectivity index (χ3n) is 3.34. The molecule has 0 saturated heterocycles. The van der Waals surface area contributed by atoms with E-state index in [9.17, 15) is 9.59 Å². The van der Waals surface area contributed by atoms with Crippen LogP contribution in [0.5, 0.6) is 0 Å². The number of Topliss-reactive ketones (excluding diaryl/α,β-unsaturated/α-hetero) is 1. The van der Waals surface area contributed by atoms with Crippen molar-refractivity contribution < 1.29 is 9.59 Å². The van der Waals surface area contributed by atoms with Crippen LogP contribution in [-0.4, -0.2) is 16.7 Å². The molecule has 21 heavy (non-hydrogen) atoms. The number of anilines is 1. The van der Waals surface area contributed by atoms with Gasteiger partial charge >= 0.3 is 0 Å². The van der Waals surface area contributed by atoms with Crippen LogP contribution >= 0.6 is 0 Å². The molecular weight excluding hydrogens is 264 g/mol. The van der Waals surface area contributed by atoms with Crippen LogP contribution in [0.25, 0.3) is 10.9 Å². The molecule has 2 N–H and O–H groups in total. The molecule has 1 aromatic heterocycles. The Labute approximate surface area is 121 Å². The molecule has 0 unspecified atom stereocenters. The average molecular weight is 278 g/mol. The topological polar surface area (TPSA) is 62.0 Å². The fraction of sp³-hybridized carbons (Fsp3) is 0.0588. The van der Waals surface area contributed by atoms with Gasteiger partial charge in [0.15, 0.2) is 5.78 Å². The number of benzene rings is 2. The fourth-order valence-corrected chi connectivity index (χ4v) is 2.21. The molecule has 104 valence electrons. The largest absolute Gasteiger partial charge is 0.361 e. The number of ketones is 1. The lowest BCUT2D eigenvalue weighted by Gasteiger charge is -2.06. The standard InChI is InChI=1S/C17H14N2O2/c1-11(20)12-3-2-4-15(10-12)19-17(21)14-5-6-16-13(9-14)7-8-18-16/h2-10,18H,1H3,(H,19,21). The highest BCUT2D eigenvalue weighted by molar-refractivity contribution is 6.06. The van der Waals surface area contributed by atoms with E-state index < -0.39 is 0 Å². The Balaban J connectivity index is 1.85. The molecule has 4 heteroatoms. The Morgan fingerprint density at radius 2 is 1.86 bits per heavy atom. The lowest BCUT2D eigenvalue weighted by Crippen LogP contribution is -2.12. The van der Waals surface area contributed by atoms with Gasteiger partial charge in [-0.3, -0.25) is 9.59 Å². The van der Waals surface area contributed by atoms with Gasteiger partial charge in [-0.15, -0.1) is 0 Å². The van der Waals surface area contributed by atoms with Gasteiger partial charge < -0.3 is 10.3 Å². The second-order valence-corrected chi connectivity index (χ2v) is 4.87. The molecule has 0 aliphatic carbocycles. The maximum Gasteiger partial charge on any atom is 0.255 e. The van der Waals surface area contributed by atoms with E-state index in [4.69, 9.17) is 0 Å². The number of nitrogens with one attached hydrogen (secondary N) is 2. The summed E-state index contributed by atoms with van der Waals surface area (Å²) >= 11 is 0. The van der Waals surface area contributed by atoms with Crippen LogP contribution in [-0.2, 0) is 0 Å². The van der Waals surface area contributed by atoms with Crippen LogP contribution in [0.1, 0.15) is 27.6 Å². The zero-order chi connectivity index (χ0) is 14.8. The number of rotatable bonds is 3. The van der Waals surface area contributed by atoms with Crippen LogP contribution in [0.4, 0.5) is 5.69 Å². The van der Waals surface area contributed by atoms with Crippen molar-refractivity contribution in [3.63, 3.8) is 0 Å². The van der Waals surface area contributed by atoms with E-state index in [0.717, 1.165) is 10.9 Å². The number of fused-ring (bicyclic) bond motifs is 1. The van der Waals surface area contributed by atoms with E-state index in [1.807, 2.05) is 24.4 Å². The Morgan fingerprint density at radius 1 is 1.00 bits per heavy atom. The summed E-state index contributed by atoms with van der Waals surface area (Å²) in [5, 5.41) is 3.80. The maximum absolute atomic E-state index is 12.3. The van der Waals surface area contributed by atoms with Crippen molar-refractivity contribution in [2.24, 2.45) is 0 Å². The van der Waals surface area contributed by atoms with Crippen LogP contribution in [0.2, 0.25) is 0 Å². The lowest BCUT2D eigenvalue weighted by atomic mass is 10.1. The van der Waals surface area contributed by atoms with Gasteiger partial charge in [-0.2, -0.15) is 0 Å². The lowest BCUT2D eigenvalue weighted by molar-refractivity contribution is 0.101. The Bertz CT molecular complexity index is 833.